The van der Waals surface area contributed by atoms with Crippen LogP contribution in [0.3, 0.4) is 0 Å². The SMILES string of the molecule is N#Cc1c(-n2c3ccccc3c3ccc(-c4cc(C(F)(F)F)cc(C(F)(F)F)c4)cc32)cc(-c2ccncc2)cc1-n1c2ccccc2c2ccc(-c3cc(C(F)(F)F)cc(C(F)(F)F)c3)cc21. The van der Waals surface area contributed by atoms with Crippen LogP contribution >= 0.6 is 0 Å². The minimum atomic E-state index is -5.12. The summed E-state index contributed by atoms with van der Waals surface area (Å²) in [4.78, 5) is 4.13. The number of halogens is 12. The first kappa shape index (κ1) is 43.8. The molecular formula is C52H26F12N4. The third-order valence-electron chi connectivity index (χ3n) is 11.9. The number of nitrogens with zero attached hydrogens (tertiary/aromatic N) is 4. The summed E-state index contributed by atoms with van der Waals surface area (Å²) in [6.07, 6.45) is -17.4. The van der Waals surface area contributed by atoms with E-state index in [0.29, 0.717) is 79.0 Å². The Morgan fingerprint density at radius 3 is 1.07 bits per heavy atom. The van der Waals surface area contributed by atoms with Crippen molar-refractivity contribution in [2.24, 2.45) is 0 Å². The Labute approximate surface area is 376 Å². The lowest BCUT2D eigenvalue weighted by atomic mass is 9.97. The number of fused-ring (bicyclic) bond motifs is 6. The molecule has 10 aromatic rings. The standard InChI is InChI=1S/C52H26F12N4/c53-49(54,55)34-17-31(18-35(25-34)50(56,57)58)29-9-11-40-38-5-1-3-7-43(38)67(45(40)21-29)47-23-33(28-13-15-66-16-14-28)24-48(42(47)27-65)68-44-8-4-2-6-39(44)41-12-10-30(22-46(41)68)32-19-36(51(59,60)61)26-37(20-32)52(62,63)64/h1-26H. The number of aromatic nitrogens is 3. The maximum absolute atomic E-state index is 14.1. The molecule has 0 atom stereocenters. The van der Waals surface area contributed by atoms with Gasteiger partial charge in [0.2, 0.25) is 0 Å². The molecule has 3 aromatic heterocycles. The Bertz CT molecular complexity index is 3420. The van der Waals surface area contributed by atoms with E-state index < -0.39 is 47.0 Å². The predicted molar refractivity (Wildman–Crippen MR) is 234 cm³/mol. The molecule has 0 spiro atoms. The summed E-state index contributed by atoms with van der Waals surface area (Å²) in [5.74, 6) is 0. The van der Waals surface area contributed by atoms with Gasteiger partial charge in [0.15, 0.2) is 0 Å². The van der Waals surface area contributed by atoms with Crippen LogP contribution in [0.2, 0.25) is 0 Å². The van der Waals surface area contributed by atoms with Gasteiger partial charge in [-0.05, 0) is 118 Å². The second kappa shape index (κ2) is 15.5. The third-order valence-corrected chi connectivity index (χ3v) is 11.9. The topological polar surface area (TPSA) is 46.5 Å². The number of benzene rings is 7. The molecule has 0 saturated heterocycles. The summed E-state index contributed by atoms with van der Waals surface area (Å²) < 4.78 is 172. The van der Waals surface area contributed by atoms with Gasteiger partial charge in [-0.15, -0.1) is 0 Å². The van der Waals surface area contributed by atoms with Gasteiger partial charge < -0.3 is 9.13 Å². The average Bonchev–Trinajstić information content (AvgIpc) is 3.82. The summed E-state index contributed by atoms with van der Waals surface area (Å²) >= 11 is 0. The van der Waals surface area contributed by atoms with Gasteiger partial charge in [-0.3, -0.25) is 4.98 Å². The lowest BCUT2D eigenvalue weighted by Crippen LogP contribution is -2.11. The smallest absolute Gasteiger partial charge is 0.308 e. The van der Waals surface area contributed by atoms with Gasteiger partial charge in [0, 0.05) is 33.9 Å². The monoisotopic (exact) mass is 934 g/mol. The highest BCUT2D eigenvalue weighted by atomic mass is 19.4. The van der Waals surface area contributed by atoms with E-state index in [2.05, 4.69) is 11.1 Å². The third kappa shape index (κ3) is 7.53. The van der Waals surface area contributed by atoms with Crippen LogP contribution < -0.4 is 0 Å². The van der Waals surface area contributed by atoms with E-state index in [0.717, 1.165) is 0 Å². The van der Waals surface area contributed by atoms with Crippen LogP contribution in [-0.4, -0.2) is 14.1 Å². The molecule has 0 radical (unpaired) electrons. The van der Waals surface area contributed by atoms with Gasteiger partial charge in [-0.25, -0.2) is 0 Å². The lowest BCUT2D eigenvalue weighted by molar-refractivity contribution is -0.144. The number of alkyl halides is 12. The average molecular weight is 935 g/mol. The van der Waals surface area contributed by atoms with Gasteiger partial charge in [0.25, 0.3) is 0 Å². The molecular weight excluding hydrogens is 909 g/mol. The Morgan fingerprint density at radius 1 is 0.353 bits per heavy atom. The normalized spacial score (nSPS) is 12.7. The number of hydrogen-bond donors (Lipinski definition) is 0. The highest BCUT2D eigenvalue weighted by Gasteiger charge is 2.39. The summed E-state index contributed by atoms with van der Waals surface area (Å²) in [5.41, 5.74) is -3.62. The van der Waals surface area contributed by atoms with Crippen molar-refractivity contribution in [3.63, 3.8) is 0 Å². The van der Waals surface area contributed by atoms with E-state index in [9.17, 15) is 57.9 Å². The van der Waals surface area contributed by atoms with Gasteiger partial charge in [0.1, 0.15) is 11.6 Å². The first-order chi connectivity index (χ1) is 32.2. The molecule has 0 unspecified atom stereocenters. The van der Waals surface area contributed by atoms with E-state index in [1.807, 2.05) is 0 Å². The van der Waals surface area contributed by atoms with E-state index in [-0.39, 0.29) is 51.3 Å². The molecule has 0 amide bonds. The molecule has 3 heterocycles. The molecule has 4 nitrogen and oxygen atoms in total. The summed E-state index contributed by atoms with van der Waals surface area (Å²) in [5, 5.41) is 13.6. The quantitative estimate of drug-likeness (QED) is 0.161. The molecule has 7 aromatic carbocycles. The first-order valence-corrected chi connectivity index (χ1v) is 20.3. The van der Waals surface area contributed by atoms with Gasteiger partial charge in [-0.1, -0.05) is 60.7 Å². The molecule has 68 heavy (non-hydrogen) atoms. The van der Waals surface area contributed by atoms with Crippen molar-refractivity contribution >= 4 is 43.6 Å². The van der Waals surface area contributed by atoms with Crippen molar-refractivity contribution in [2.45, 2.75) is 24.7 Å². The minimum absolute atomic E-state index is 0.000348. The van der Waals surface area contributed by atoms with Crippen LogP contribution in [0.15, 0.2) is 158 Å². The van der Waals surface area contributed by atoms with E-state index in [4.69, 9.17) is 0 Å². The fourth-order valence-corrected chi connectivity index (χ4v) is 8.85. The molecule has 0 N–H and O–H groups in total. The second-order valence-electron chi connectivity index (χ2n) is 16.0. The summed E-state index contributed by atoms with van der Waals surface area (Å²) in [6, 6.07) is 34.5. The number of pyridine rings is 1. The fourth-order valence-electron chi connectivity index (χ4n) is 8.85. The van der Waals surface area contributed by atoms with Gasteiger partial charge >= 0.3 is 24.7 Å². The van der Waals surface area contributed by atoms with Gasteiger partial charge in [0.05, 0.1) is 55.7 Å². The maximum Gasteiger partial charge on any atom is 0.416 e. The van der Waals surface area contributed by atoms with Crippen LogP contribution in [0.5, 0.6) is 0 Å². The number of rotatable bonds is 5. The first-order valence-electron chi connectivity index (χ1n) is 20.3. The van der Waals surface area contributed by atoms with E-state index in [1.54, 1.807) is 94.1 Å². The minimum Gasteiger partial charge on any atom is -0.308 e. The number of nitriles is 1. The van der Waals surface area contributed by atoms with Crippen LogP contribution in [0, 0.1) is 11.3 Å². The Kier molecular flexibility index (Phi) is 9.99. The number of para-hydroxylation sites is 2. The zero-order valence-electron chi connectivity index (χ0n) is 34.3. The Morgan fingerprint density at radius 2 is 0.706 bits per heavy atom. The van der Waals surface area contributed by atoms with Crippen molar-refractivity contribution in [3.8, 4) is 50.8 Å². The largest absolute Gasteiger partial charge is 0.416 e. The van der Waals surface area contributed by atoms with Crippen molar-refractivity contribution in [3.05, 3.63) is 186 Å². The van der Waals surface area contributed by atoms with Crippen molar-refractivity contribution in [1.29, 1.82) is 5.26 Å². The highest BCUT2D eigenvalue weighted by Crippen LogP contribution is 2.45. The molecule has 0 saturated carbocycles. The predicted octanol–water partition coefficient (Wildman–Crippen LogP) is 16.2. The van der Waals surface area contributed by atoms with Crippen LogP contribution in [-0.2, 0) is 24.7 Å². The zero-order chi connectivity index (χ0) is 48.1. The van der Waals surface area contributed by atoms with Crippen LogP contribution in [0.1, 0.15) is 27.8 Å². The van der Waals surface area contributed by atoms with Crippen molar-refractivity contribution in [1.82, 2.24) is 14.1 Å². The molecule has 0 fully saturated rings. The molecule has 0 bridgehead atoms. The number of hydrogen-bond acceptors (Lipinski definition) is 2. The highest BCUT2D eigenvalue weighted by molar-refractivity contribution is 6.12. The van der Waals surface area contributed by atoms with Gasteiger partial charge in [-0.2, -0.15) is 57.9 Å². The summed E-state index contributed by atoms with van der Waals surface area (Å²) in [6.45, 7) is 0. The van der Waals surface area contributed by atoms with Crippen LogP contribution in [0.4, 0.5) is 52.7 Å². The summed E-state index contributed by atoms with van der Waals surface area (Å²) in [7, 11) is 0. The molecule has 16 heteroatoms. The molecule has 0 aliphatic heterocycles. The second-order valence-corrected chi connectivity index (χ2v) is 16.0. The molecule has 10 rings (SSSR count). The Balaban J connectivity index is 1.29. The lowest BCUT2D eigenvalue weighted by Gasteiger charge is -2.19. The zero-order valence-corrected chi connectivity index (χ0v) is 34.3. The maximum atomic E-state index is 14.1. The van der Waals surface area contributed by atoms with Crippen molar-refractivity contribution < 1.29 is 52.7 Å². The molecule has 338 valence electrons. The molecule has 0 aliphatic rings. The van der Waals surface area contributed by atoms with E-state index >= 15 is 0 Å². The van der Waals surface area contributed by atoms with Crippen LogP contribution in [0.25, 0.3) is 88.4 Å². The molecule has 0 aliphatic carbocycles. The van der Waals surface area contributed by atoms with E-state index in [1.165, 1.54) is 36.7 Å². The Hall–Kier alpha value is -8.06. The van der Waals surface area contributed by atoms with Crippen molar-refractivity contribution in [2.75, 3.05) is 0 Å². The fraction of sp³-hybridized carbons (Fsp3) is 0.0769.